The zero-order valence-electron chi connectivity index (χ0n) is 7.19. The van der Waals surface area contributed by atoms with Crippen LogP contribution < -0.4 is 5.73 Å². The van der Waals surface area contributed by atoms with Gasteiger partial charge in [-0.05, 0) is 12.8 Å². The number of hydrogen-bond acceptors (Lipinski definition) is 4. The molecule has 2 N–H and O–H groups in total. The third-order valence-corrected chi connectivity index (χ3v) is 3.46. The molecule has 1 unspecified atom stereocenters. The molecule has 1 rings (SSSR count). The van der Waals surface area contributed by atoms with Gasteiger partial charge in [0.05, 0.1) is 12.4 Å². The van der Waals surface area contributed by atoms with Crippen LogP contribution in [-0.4, -0.2) is 26.8 Å². The quantitative estimate of drug-likeness (QED) is 0.645. The Bertz CT molecular complexity index is 237. The second-order valence-electron chi connectivity index (χ2n) is 3.28. The van der Waals surface area contributed by atoms with Crippen molar-refractivity contribution < 1.29 is 12.6 Å². The lowest BCUT2D eigenvalue weighted by Gasteiger charge is -2.11. The van der Waals surface area contributed by atoms with Crippen molar-refractivity contribution in [1.29, 1.82) is 0 Å². The highest BCUT2D eigenvalue weighted by Gasteiger charge is 2.29. The molecule has 5 heteroatoms. The van der Waals surface area contributed by atoms with Gasteiger partial charge in [-0.15, -0.1) is 0 Å². The van der Waals surface area contributed by atoms with Crippen LogP contribution in [0.15, 0.2) is 0 Å². The Morgan fingerprint density at radius 2 is 2.33 bits per heavy atom. The smallest absolute Gasteiger partial charge is 0.267 e. The fourth-order valence-electron chi connectivity index (χ4n) is 1.32. The predicted octanol–water partition coefficient (Wildman–Crippen LogP) is 0.0900. The summed E-state index contributed by atoms with van der Waals surface area (Å²) in [6, 6.07) is 0.104. The van der Waals surface area contributed by atoms with Gasteiger partial charge in [-0.1, -0.05) is 6.92 Å². The predicted molar refractivity (Wildman–Crippen MR) is 46.1 cm³/mol. The number of rotatable bonds is 3. The van der Waals surface area contributed by atoms with Crippen molar-refractivity contribution in [1.82, 2.24) is 0 Å². The Morgan fingerprint density at radius 3 is 2.75 bits per heavy atom. The zero-order chi connectivity index (χ0) is 9.19. The molecule has 0 bridgehead atoms. The highest BCUT2D eigenvalue weighted by atomic mass is 32.2. The maximum Gasteiger partial charge on any atom is 0.267 e. The van der Waals surface area contributed by atoms with Gasteiger partial charge in [-0.2, -0.15) is 8.42 Å². The maximum absolute atomic E-state index is 10.8. The summed E-state index contributed by atoms with van der Waals surface area (Å²) < 4.78 is 26.3. The van der Waals surface area contributed by atoms with Crippen molar-refractivity contribution in [3.05, 3.63) is 0 Å². The van der Waals surface area contributed by atoms with E-state index in [1.54, 1.807) is 0 Å². The van der Waals surface area contributed by atoms with Gasteiger partial charge in [0.2, 0.25) is 0 Å². The van der Waals surface area contributed by atoms with Crippen LogP contribution in [0, 0.1) is 5.92 Å². The first-order chi connectivity index (χ1) is 5.53. The summed E-state index contributed by atoms with van der Waals surface area (Å²) in [4.78, 5) is 0. The molecule has 0 aliphatic carbocycles. The molecule has 4 nitrogen and oxygen atoms in total. The van der Waals surface area contributed by atoms with Gasteiger partial charge in [-0.25, -0.2) is 0 Å². The summed E-state index contributed by atoms with van der Waals surface area (Å²) in [5.41, 5.74) is 5.69. The normalized spacial score (nSPS) is 30.3. The summed E-state index contributed by atoms with van der Waals surface area (Å²) in [5, 5.41) is 0. The van der Waals surface area contributed by atoms with Gasteiger partial charge >= 0.3 is 0 Å². The van der Waals surface area contributed by atoms with Gasteiger partial charge in [0.15, 0.2) is 0 Å². The molecular formula is C7H15NO3S. The molecule has 0 radical (unpaired) electrons. The zero-order valence-corrected chi connectivity index (χ0v) is 8.01. The standard InChI is InChI=1S/C7H15NO3S/c1-2-7(8)3-6-4-11-12(9,10)5-6/h6-7H,2-5,8H2,1H3/t6?,7-/m0/s1. The SMILES string of the molecule is CC[C@H](N)CC1COS(=O)(=O)C1. The summed E-state index contributed by atoms with van der Waals surface area (Å²) in [6.07, 6.45) is 1.63. The van der Waals surface area contributed by atoms with Crippen molar-refractivity contribution in [2.75, 3.05) is 12.4 Å². The van der Waals surface area contributed by atoms with E-state index in [-0.39, 0.29) is 17.7 Å². The largest absolute Gasteiger partial charge is 0.328 e. The summed E-state index contributed by atoms with van der Waals surface area (Å²) in [6.45, 7) is 2.31. The fourth-order valence-corrected chi connectivity index (χ4v) is 2.62. The number of nitrogens with two attached hydrogens (primary N) is 1. The average molecular weight is 193 g/mol. The first-order valence-corrected chi connectivity index (χ1v) is 5.74. The molecule has 0 aromatic heterocycles. The van der Waals surface area contributed by atoms with E-state index >= 15 is 0 Å². The highest BCUT2D eigenvalue weighted by molar-refractivity contribution is 7.86. The van der Waals surface area contributed by atoms with E-state index in [2.05, 4.69) is 4.18 Å². The van der Waals surface area contributed by atoms with Gasteiger partial charge < -0.3 is 5.73 Å². The molecule has 1 saturated heterocycles. The molecule has 1 aliphatic heterocycles. The molecule has 0 saturated carbocycles. The Hall–Kier alpha value is -0.130. The van der Waals surface area contributed by atoms with Crippen LogP contribution >= 0.6 is 0 Å². The molecule has 0 aromatic rings. The monoisotopic (exact) mass is 193 g/mol. The van der Waals surface area contributed by atoms with Crippen molar-refractivity contribution in [2.45, 2.75) is 25.8 Å². The summed E-state index contributed by atoms with van der Waals surface area (Å²) in [7, 11) is -3.20. The Kier molecular flexibility index (Phi) is 3.09. The molecule has 1 fully saturated rings. The van der Waals surface area contributed by atoms with Crippen LogP contribution in [0.5, 0.6) is 0 Å². The minimum Gasteiger partial charge on any atom is -0.328 e. The first-order valence-electron chi connectivity index (χ1n) is 4.16. The van der Waals surface area contributed by atoms with Crippen LogP contribution in [0.1, 0.15) is 19.8 Å². The van der Waals surface area contributed by atoms with E-state index in [0.717, 1.165) is 12.8 Å². The van der Waals surface area contributed by atoms with Gasteiger partial charge in [0, 0.05) is 12.0 Å². The van der Waals surface area contributed by atoms with Crippen LogP contribution in [0.2, 0.25) is 0 Å². The third kappa shape index (κ3) is 2.73. The van der Waals surface area contributed by atoms with Crippen LogP contribution in [0.4, 0.5) is 0 Å². The summed E-state index contributed by atoms with van der Waals surface area (Å²) >= 11 is 0. The van der Waals surface area contributed by atoms with E-state index in [4.69, 9.17) is 5.73 Å². The van der Waals surface area contributed by atoms with Crippen LogP contribution in [0.3, 0.4) is 0 Å². The van der Waals surface area contributed by atoms with E-state index in [1.807, 2.05) is 6.92 Å². The van der Waals surface area contributed by atoms with Gasteiger partial charge in [0.1, 0.15) is 0 Å². The topological polar surface area (TPSA) is 69.4 Å². The van der Waals surface area contributed by atoms with Crippen molar-refractivity contribution in [3.8, 4) is 0 Å². The third-order valence-electron chi connectivity index (χ3n) is 2.08. The second kappa shape index (κ2) is 3.72. The Morgan fingerprint density at radius 1 is 1.67 bits per heavy atom. The maximum atomic E-state index is 10.8. The van der Waals surface area contributed by atoms with E-state index in [1.165, 1.54) is 0 Å². The second-order valence-corrected chi connectivity index (χ2v) is 4.96. The lowest BCUT2D eigenvalue weighted by molar-refractivity contribution is 0.295. The van der Waals surface area contributed by atoms with Crippen molar-refractivity contribution >= 4 is 10.1 Å². The fraction of sp³-hybridized carbons (Fsp3) is 1.00. The minimum atomic E-state index is -3.20. The van der Waals surface area contributed by atoms with E-state index in [9.17, 15) is 8.42 Å². The van der Waals surface area contributed by atoms with Gasteiger partial charge in [-0.3, -0.25) is 4.18 Å². The molecular weight excluding hydrogens is 178 g/mol. The lowest BCUT2D eigenvalue weighted by atomic mass is 10.0. The Balaban J connectivity index is 2.38. The van der Waals surface area contributed by atoms with E-state index in [0.29, 0.717) is 6.61 Å². The molecule has 1 aliphatic rings. The number of hydrogen-bond donors (Lipinski definition) is 1. The summed E-state index contributed by atoms with van der Waals surface area (Å²) in [5.74, 6) is 0.241. The van der Waals surface area contributed by atoms with Crippen molar-refractivity contribution in [2.24, 2.45) is 11.7 Å². The van der Waals surface area contributed by atoms with Crippen LogP contribution in [0.25, 0.3) is 0 Å². The Labute approximate surface area is 73.2 Å². The lowest BCUT2D eigenvalue weighted by Crippen LogP contribution is -2.24. The molecule has 0 spiro atoms. The molecule has 12 heavy (non-hydrogen) atoms. The molecule has 0 aromatic carbocycles. The van der Waals surface area contributed by atoms with Crippen LogP contribution in [-0.2, 0) is 14.3 Å². The minimum absolute atomic E-state index is 0.102. The molecule has 2 atom stereocenters. The van der Waals surface area contributed by atoms with Gasteiger partial charge in [0.25, 0.3) is 10.1 Å². The molecule has 1 heterocycles. The van der Waals surface area contributed by atoms with Crippen molar-refractivity contribution in [3.63, 3.8) is 0 Å². The average Bonchev–Trinajstić information content (AvgIpc) is 2.30. The highest BCUT2D eigenvalue weighted by Crippen LogP contribution is 2.19. The first kappa shape index (κ1) is 9.95. The molecule has 0 amide bonds. The van der Waals surface area contributed by atoms with E-state index < -0.39 is 10.1 Å². The molecule has 72 valence electrons.